The number of rotatable bonds is 3. The van der Waals surface area contributed by atoms with E-state index in [0.29, 0.717) is 6.54 Å². The van der Waals surface area contributed by atoms with Crippen LogP contribution in [0.25, 0.3) is 0 Å². The van der Waals surface area contributed by atoms with Gasteiger partial charge in [-0.2, -0.15) is 0 Å². The molecule has 0 bridgehead atoms. The highest BCUT2D eigenvalue weighted by atomic mass is 35.5. The Hall–Kier alpha value is -0.800. The number of anilines is 1. The van der Waals surface area contributed by atoms with E-state index in [-0.39, 0.29) is 11.7 Å². The number of aliphatic hydroxyl groups excluding tert-OH is 1. The quantitative estimate of drug-likeness (QED) is 0.799. The lowest BCUT2D eigenvalue weighted by molar-refractivity contribution is 0.204. The minimum absolute atomic E-state index is 0.209. The van der Waals surface area contributed by atoms with Gasteiger partial charge in [0.25, 0.3) is 0 Å². The van der Waals surface area contributed by atoms with Crippen LogP contribution in [0.15, 0.2) is 18.2 Å². The molecule has 4 heteroatoms. The van der Waals surface area contributed by atoms with Gasteiger partial charge < -0.3 is 10.0 Å². The molecule has 1 heterocycles. The molecule has 15 heavy (non-hydrogen) atoms. The van der Waals surface area contributed by atoms with Crippen LogP contribution in [0, 0.1) is 5.82 Å². The molecule has 0 spiro atoms. The summed E-state index contributed by atoms with van der Waals surface area (Å²) in [7, 11) is 0. The second-order valence-electron chi connectivity index (χ2n) is 3.78. The van der Waals surface area contributed by atoms with E-state index in [0.717, 1.165) is 24.2 Å². The van der Waals surface area contributed by atoms with E-state index >= 15 is 0 Å². The molecule has 1 atom stereocenters. The van der Waals surface area contributed by atoms with Gasteiger partial charge in [-0.05, 0) is 24.1 Å². The fourth-order valence-electron chi connectivity index (χ4n) is 1.91. The number of halogens is 2. The monoisotopic (exact) mass is 229 g/mol. The molecular weight excluding hydrogens is 217 g/mol. The number of β-amino-alcohol motifs (C(OH)–C–C–N with tert-alkyl or cyclic N) is 1. The van der Waals surface area contributed by atoms with Gasteiger partial charge >= 0.3 is 0 Å². The molecule has 1 aliphatic rings. The van der Waals surface area contributed by atoms with Crippen LogP contribution in [0.5, 0.6) is 0 Å². The molecule has 1 aliphatic heterocycles. The van der Waals surface area contributed by atoms with Crippen LogP contribution in [0.1, 0.15) is 5.56 Å². The van der Waals surface area contributed by atoms with E-state index in [1.807, 2.05) is 4.90 Å². The van der Waals surface area contributed by atoms with Crippen molar-refractivity contribution >= 4 is 17.3 Å². The Kier molecular flexibility index (Phi) is 3.12. The number of aliphatic hydroxyl groups is 1. The average Bonchev–Trinajstić information content (AvgIpc) is 2.61. The number of alkyl halides is 1. The third-order valence-electron chi connectivity index (χ3n) is 2.65. The van der Waals surface area contributed by atoms with Crippen LogP contribution in [-0.4, -0.2) is 30.2 Å². The maximum Gasteiger partial charge on any atom is 0.125 e. The summed E-state index contributed by atoms with van der Waals surface area (Å²) in [4.78, 5) is 1.98. The molecule has 2 rings (SSSR count). The molecule has 1 N–H and O–H groups in total. The molecule has 1 aromatic rings. The zero-order valence-electron chi connectivity index (χ0n) is 8.29. The second kappa shape index (κ2) is 4.37. The van der Waals surface area contributed by atoms with Crippen LogP contribution in [0.4, 0.5) is 10.1 Å². The van der Waals surface area contributed by atoms with Crippen molar-refractivity contribution in [3.63, 3.8) is 0 Å². The molecule has 82 valence electrons. The lowest BCUT2D eigenvalue weighted by Crippen LogP contribution is -2.31. The Morgan fingerprint density at radius 1 is 1.53 bits per heavy atom. The van der Waals surface area contributed by atoms with E-state index in [1.54, 1.807) is 6.07 Å². The molecular formula is C11H13ClFNO. The Morgan fingerprint density at radius 2 is 2.33 bits per heavy atom. The van der Waals surface area contributed by atoms with Crippen LogP contribution in [-0.2, 0) is 6.42 Å². The predicted molar refractivity (Wildman–Crippen MR) is 59.0 cm³/mol. The fourth-order valence-corrected chi connectivity index (χ4v) is 2.01. The first-order valence-corrected chi connectivity index (χ1v) is 5.51. The smallest absolute Gasteiger partial charge is 0.125 e. The van der Waals surface area contributed by atoms with Gasteiger partial charge in [0.05, 0.1) is 12.0 Å². The lowest BCUT2D eigenvalue weighted by atomic mass is 10.2. The molecule has 0 fully saturated rings. The highest BCUT2D eigenvalue weighted by molar-refractivity contribution is 6.18. The van der Waals surface area contributed by atoms with E-state index < -0.39 is 6.10 Å². The Morgan fingerprint density at radius 3 is 3.07 bits per heavy atom. The molecule has 0 amide bonds. The van der Waals surface area contributed by atoms with Gasteiger partial charge in [0.1, 0.15) is 5.82 Å². The largest absolute Gasteiger partial charge is 0.390 e. The summed E-state index contributed by atoms with van der Waals surface area (Å²) >= 11 is 5.54. The van der Waals surface area contributed by atoms with Gasteiger partial charge in [0.15, 0.2) is 0 Å². The number of fused-ring (bicyclic) bond motifs is 1. The average molecular weight is 230 g/mol. The van der Waals surface area contributed by atoms with Gasteiger partial charge in [-0.3, -0.25) is 0 Å². The third kappa shape index (κ3) is 2.24. The Labute approximate surface area is 93.3 Å². The Balaban J connectivity index is 2.16. The van der Waals surface area contributed by atoms with E-state index in [2.05, 4.69) is 0 Å². The van der Waals surface area contributed by atoms with Crippen molar-refractivity contribution in [2.75, 3.05) is 23.9 Å². The minimum atomic E-state index is -0.555. The van der Waals surface area contributed by atoms with E-state index in [1.165, 1.54) is 12.1 Å². The topological polar surface area (TPSA) is 23.5 Å². The van der Waals surface area contributed by atoms with Crippen molar-refractivity contribution in [3.05, 3.63) is 29.6 Å². The second-order valence-corrected chi connectivity index (χ2v) is 4.09. The van der Waals surface area contributed by atoms with Crippen molar-refractivity contribution in [1.29, 1.82) is 0 Å². The van der Waals surface area contributed by atoms with E-state index in [9.17, 15) is 9.50 Å². The van der Waals surface area contributed by atoms with Gasteiger partial charge in [-0.1, -0.05) is 6.07 Å². The normalized spacial score (nSPS) is 16.6. The molecule has 2 nitrogen and oxygen atoms in total. The van der Waals surface area contributed by atoms with Gasteiger partial charge in [-0.25, -0.2) is 4.39 Å². The highest BCUT2D eigenvalue weighted by Gasteiger charge is 2.21. The summed E-state index contributed by atoms with van der Waals surface area (Å²) in [6.07, 6.45) is 0.353. The summed E-state index contributed by atoms with van der Waals surface area (Å²) in [6, 6.07) is 4.79. The van der Waals surface area contributed by atoms with Gasteiger partial charge in [0.2, 0.25) is 0 Å². The van der Waals surface area contributed by atoms with Crippen molar-refractivity contribution < 1.29 is 9.50 Å². The van der Waals surface area contributed by atoms with Gasteiger partial charge in [-0.15, -0.1) is 11.6 Å². The highest BCUT2D eigenvalue weighted by Crippen LogP contribution is 2.28. The standard InChI is InChI=1S/C11H13ClFNO/c12-6-10(15)7-14-4-3-8-1-2-9(13)5-11(8)14/h1-2,5,10,15H,3-4,6-7H2. The van der Waals surface area contributed by atoms with E-state index in [4.69, 9.17) is 11.6 Å². The van der Waals surface area contributed by atoms with Crippen molar-refractivity contribution in [2.45, 2.75) is 12.5 Å². The summed E-state index contributed by atoms with van der Waals surface area (Å²) in [5, 5.41) is 9.45. The van der Waals surface area contributed by atoms with Crippen LogP contribution < -0.4 is 4.90 Å². The van der Waals surface area contributed by atoms with Crippen molar-refractivity contribution in [2.24, 2.45) is 0 Å². The summed E-state index contributed by atoms with van der Waals surface area (Å²) in [6.45, 7) is 1.30. The molecule has 0 aromatic heterocycles. The lowest BCUT2D eigenvalue weighted by Gasteiger charge is -2.21. The maximum atomic E-state index is 13.0. The predicted octanol–water partition coefficient (Wildman–Crippen LogP) is 1.79. The summed E-state index contributed by atoms with van der Waals surface area (Å²) < 4.78 is 13.0. The van der Waals surface area contributed by atoms with Crippen LogP contribution in [0.3, 0.4) is 0 Å². The first-order valence-electron chi connectivity index (χ1n) is 4.98. The first kappa shape index (κ1) is 10.7. The number of hydrogen-bond acceptors (Lipinski definition) is 2. The zero-order chi connectivity index (χ0) is 10.8. The first-order chi connectivity index (χ1) is 7.20. The third-order valence-corrected chi connectivity index (χ3v) is 3.00. The number of nitrogens with zero attached hydrogens (tertiary/aromatic N) is 1. The van der Waals surface area contributed by atoms with Crippen LogP contribution >= 0.6 is 11.6 Å². The molecule has 1 unspecified atom stereocenters. The summed E-state index contributed by atoms with van der Waals surface area (Å²) in [5.41, 5.74) is 2.03. The van der Waals surface area contributed by atoms with Gasteiger partial charge in [0, 0.05) is 18.8 Å². The molecule has 1 aromatic carbocycles. The van der Waals surface area contributed by atoms with Crippen LogP contribution in [0.2, 0.25) is 0 Å². The fraction of sp³-hybridized carbons (Fsp3) is 0.455. The SMILES string of the molecule is OC(CCl)CN1CCc2ccc(F)cc21. The van der Waals surface area contributed by atoms with Crippen molar-refractivity contribution in [3.8, 4) is 0 Å². The number of benzene rings is 1. The zero-order valence-corrected chi connectivity index (χ0v) is 9.04. The molecule has 0 saturated carbocycles. The van der Waals surface area contributed by atoms with Crippen molar-refractivity contribution in [1.82, 2.24) is 0 Å². The molecule has 0 saturated heterocycles. The minimum Gasteiger partial charge on any atom is -0.390 e. The molecule has 0 aliphatic carbocycles. The summed E-state index contributed by atoms with van der Waals surface area (Å²) in [5.74, 6) is -0.0257. The maximum absolute atomic E-state index is 13.0. The molecule has 0 radical (unpaired) electrons. The number of hydrogen-bond donors (Lipinski definition) is 1. The Bertz CT molecular complexity index is 358.